The SMILES string of the molecule is CCCNC1C(SCCC(=O)OC)CCC1(C)C. The summed E-state index contributed by atoms with van der Waals surface area (Å²) in [6.45, 7) is 7.99. The van der Waals surface area contributed by atoms with Crippen LogP contribution < -0.4 is 5.32 Å². The highest BCUT2D eigenvalue weighted by Crippen LogP contribution is 2.43. The summed E-state index contributed by atoms with van der Waals surface area (Å²) >= 11 is 1.93. The number of carbonyl (C=O) groups excluding carboxylic acids is 1. The van der Waals surface area contributed by atoms with Gasteiger partial charge in [0.1, 0.15) is 0 Å². The zero-order valence-electron chi connectivity index (χ0n) is 12.1. The summed E-state index contributed by atoms with van der Waals surface area (Å²) in [4.78, 5) is 11.1. The summed E-state index contributed by atoms with van der Waals surface area (Å²) in [5, 5.41) is 4.32. The molecule has 0 heterocycles. The average Bonchev–Trinajstić information content (AvgIpc) is 2.62. The number of rotatable bonds is 7. The minimum Gasteiger partial charge on any atom is -0.469 e. The molecule has 0 saturated heterocycles. The van der Waals surface area contributed by atoms with E-state index in [0.29, 0.717) is 23.1 Å². The minimum absolute atomic E-state index is 0.0992. The quantitative estimate of drug-likeness (QED) is 0.724. The van der Waals surface area contributed by atoms with E-state index in [4.69, 9.17) is 0 Å². The number of esters is 1. The highest BCUT2D eigenvalue weighted by Gasteiger charge is 2.41. The van der Waals surface area contributed by atoms with Crippen LogP contribution in [0.25, 0.3) is 0 Å². The Morgan fingerprint density at radius 3 is 2.83 bits per heavy atom. The summed E-state index contributed by atoms with van der Waals surface area (Å²) in [6, 6.07) is 0.570. The number of methoxy groups -OCH3 is 1. The molecule has 0 aromatic rings. The van der Waals surface area contributed by atoms with Crippen LogP contribution in [0.4, 0.5) is 0 Å². The lowest BCUT2D eigenvalue weighted by molar-refractivity contribution is -0.140. The van der Waals surface area contributed by atoms with Crippen molar-refractivity contribution >= 4 is 17.7 Å². The molecule has 0 bridgehead atoms. The van der Waals surface area contributed by atoms with Gasteiger partial charge in [0, 0.05) is 17.0 Å². The van der Waals surface area contributed by atoms with Crippen molar-refractivity contribution in [3.63, 3.8) is 0 Å². The molecule has 1 aliphatic carbocycles. The minimum atomic E-state index is -0.0992. The molecule has 4 heteroatoms. The molecular formula is C14H27NO2S. The van der Waals surface area contributed by atoms with E-state index in [1.54, 1.807) is 0 Å². The molecule has 2 atom stereocenters. The van der Waals surface area contributed by atoms with Gasteiger partial charge < -0.3 is 10.1 Å². The first-order chi connectivity index (χ1) is 8.51. The van der Waals surface area contributed by atoms with Crippen molar-refractivity contribution < 1.29 is 9.53 Å². The fourth-order valence-electron chi connectivity index (χ4n) is 2.62. The van der Waals surface area contributed by atoms with Gasteiger partial charge in [0.2, 0.25) is 0 Å². The Morgan fingerprint density at radius 2 is 2.22 bits per heavy atom. The molecular weight excluding hydrogens is 246 g/mol. The van der Waals surface area contributed by atoms with Gasteiger partial charge in [-0.15, -0.1) is 0 Å². The van der Waals surface area contributed by atoms with E-state index < -0.39 is 0 Å². The highest BCUT2D eigenvalue weighted by atomic mass is 32.2. The Balaban J connectivity index is 2.40. The van der Waals surface area contributed by atoms with E-state index in [2.05, 4.69) is 30.8 Å². The van der Waals surface area contributed by atoms with Crippen molar-refractivity contribution in [3.8, 4) is 0 Å². The number of thioether (sulfide) groups is 1. The Bertz CT molecular complexity index is 269. The van der Waals surface area contributed by atoms with Crippen LogP contribution in [0, 0.1) is 5.41 Å². The zero-order chi connectivity index (χ0) is 13.6. The second-order valence-electron chi connectivity index (χ2n) is 5.69. The zero-order valence-corrected chi connectivity index (χ0v) is 12.9. The molecule has 3 nitrogen and oxygen atoms in total. The van der Waals surface area contributed by atoms with E-state index in [9.17, 15) is 4.79 Å². The third-order valence-electron chi connectivity index (χ3n) is 3.77. The van der Waals surface area contributed by atoms with Crippen LogP contribution in [0.15, 0.2) is 0 Å². The number of hydrogen-bond donors (Lipinski definition) is 1. The number of ether oxygens (including phenoxy) is 1. The summed E-state index contributed by atoms with van der Waals surface area (Å²) < 4.78 is 4.68. The molecule has 2 unspecified atom stereocenters. The summed E-state index contributed by atoms with van der Waals surface area (Å²) in [5.41, 5.74) is 0.373. The van der Waals surface area contributed by atoms with Crippen molar-refractivity contribution in [1.82, 2.24) is 5.32 Å². The van der Waals surface area contributed by atoms with Gasteiger partial charge in [-0.1, -0.05) is 20.8 Å². The molecule has 0 aromatic carbocycles. The summed E-state index contributed by atoms with van der Waals surface area (Å²) in [6.07, 6.45) is 4.22. The fraction of sp³-hybridized carbons (Fsp3) is 0.929. The number of hydrogen-bond acceptors (Lipinski definition) is 4. The number of nitrogens with one attached hydrogen (secondary N) is 1. The molecule has 1 saturated carbocycles. The van der Waals surface area contributed by atoms with Gasteiger partial charge >= 0.3 is 5.97 Å². The Kier molecular flexibility index (Phi) is 6.50. The lowest BCUT2D eigenvalue weighted by atomic mass is 9.87. The molecule has 0 aliphatic heterocycles. The molecule has 0 amide bonds. The molecule has 18 heavy (non-hydrogen) atoms. The first kappa shape index (κ1) is 15.8. The van der Waals surface area contributed by atoms with Crippen molar-refractivity contribution in [2.75, 3.05) is 19.4 Å². The van der Waals surface area contributed by atoms with Crippen LogP contribution in [0.2, 0.25) is 0 Å². The Hall–Kier alpha value is -0.220. The van der Waals surface area contributed by atoms with Crippen LogP contribution in [-0.2, 0) is 9.53 Å². The second-order valence-corrected chi connectivity index (χ2v) is 7.04. The summed E-state index contributed by atoms with van der Waals surface area (Å²) in [7, 11) is 1.46. The lowest BCUT2D eigenvalue weighted by Gasteiger charge is -2.31. The molecule has 0 radical (unpaired) electrons. The topological polar surface area (TPSA) is 38.3 Å². The van der Waals surface area contributed by atoms with Crippen LogP contribution in [0.1, 0.15) is 46.5 Å². The normalized spacial score (nSPS) is 26.2. The largest absolute Gasteiger partial charge is 0.469 e. The van der Waals surface area contributed by atoms with Crippen molar-refractivity contribution in [2.24, 2.45) is 5.41 Å². The molecule has 106 valence electrons. The summed E-state index contributed by atoms with van der Waals surface area (Å²) in [5.74, 6) is 0.774. The third-order valence-corrected chi connectivity index (χ3v) is 5.14. The second kappa shape index (κ2) is 7.39. The molecule has 1 rings (SSSR count). The van der Waals surface area contributed by atoms with Crippen LogP contribution in [0.3, 0.4) is 0 Å². The Labute approximate surface area is 115 Å². The first-order valence-corrected chi connectivity index (χ1v) is 7.98. The fourth-order valence-corrected chi connectivity index (χ4v) is 4.15. The maximum absolute atomic E-state index is 11.1. The van der Waals surface area contributed by atoms with Gasteiger partial charge in [-0.25, -0.2) is 0 Å². The molecule has 1 N–H and O–H groups in total. The van der Waals surface area contributed by atoms with E-state index in [1.807, 2.05) is 11.8 Å². The van der Waals surface area contributed by atoms with Gasteiger partial charge in [-0.05, 0) is 31.2 Å². The van der Waals surface area contributed by atoms with Crippen LogP contribution >= 0.6 is 11.8 Å². The van der Waals surface area contributed by atoms with Gasteiger partial charge in [0.05, 0.1) is 13.5 Å². The van der Waals surface area contributed by atoms with Gasteiger partial charge in [-0.2, -0.15) is 11.8 Å². The first-order valence-electron chi connectivity index (χ1n) is 6.93. The van der Waals surface area contributed by atoms with Crippen molar-refractivity contribution in [1.29, 1.82) is 0 Å². The van der Waals surface area contributed by atoms with Crippen molar-refractivity contribution in [3.05, 3.63) is 0 Å². The molecule has 0 spiro atoms. The molecule has 1 fully saturated rings. The third kappa shape index (κ3) is 4.47. The Morgan fingerprint density at radius 1 is 1.50 bits per heavy atom. The lowest BCUT2D eigenvalue weighted by Crippen LogP contribution is -2.43. The molecule has 0 aromatic heterocycles. The van der Waals surface area contributed by atoms with E-state index in [0.717, 1.165) is 12.3 Å². The van der Waals surface area contributed by atoms with Crippen molar-refractivity contribution in [2.45, 2.75) is 57.7 Å². The monoisotopic (exact) mass is 273 g/mol. The van der Waals surface area contributed by atoms with Crippen LogP contribution in [-0.4, -0.2) is 36.7 Å². The maximum Gasteiger partial charge on any atom is 0.306 e. The maximum atomic E-state index is 11.1. The average molecular weight is 273 g/mol. The predicted molar refractivity (Wildman–Crippen MR) is 78.0 cm³/mol. The smallest absolute Gasteiger partial charge is 0.306 e. The van der Waals surface area contributed by atoms with Gasteiger partial charge in [0.15, 0.2) is 0 Å². The van der Waals surface area contributed by atoms with Gasteiger partial charge in [0.25, 0.3) is 0 Å². The van der Waals surface area contributed by atoms with E-state index in [-0.39, 0.29) is 5.97 Å². The van der Waals surface area contributed by atoms with E-state index in [1.165, 1.54) is 26.4 Å². The highest BCUT2D eigenvalue weighted by molar-refractivity contribution is 8.00. The predicted octanol–water partition coefficient (Wildman–Crippen LogP) is 2.84. The van der Waals surface area contributed by atoms with Crippen LogP contribution in [0.5, 0.6) is 0 Å². The number of carbonyl (C=O) groups is 1. The standard InChI is InChI=1S/C14H27NO2S/c1-5-9-15-13-11(6-8-14(13,2)3)18-10-7-12(16)17-4/h11,13,15H,5-10H2,1-4H3. The molecule has 1 aliphatic rings. The van der Waals surface area contributed by atoms with Gasteiger partial charge in [-0.3, -0.25) is 4.79 Å². The van der Waals surface area contributed by atoms with E-state index >= 15 is 0 Å².